The maximum atomic E-state index is 13.9. The smallest absolute Gasteiger partial charge is 0.437 e. The van der Waals surface area contributed by atoms with Crippen molar-refractivity contribution in [1.29, 1.82) is 0 Å². The molecule has 2 aliphatic rings. The molecule has 1 aromatic heterocycles. The molecular formula is C29H38F3N5O5. The van der Waals surface area contributed by atoms with Crippen LogP contribution in [0.1, 0.15) is 96.7 Å². The van der Waals surface area contributed by atoms with Gasteiger partial charge in [-0.05, 0) is 84.8 Å². The lowest BCUT2D eigenvalue weighted by Gasteiger charge is -2.27. The van der Waals surface area contributed by atoms with Crippen molar-refractivity contribution in [3.63, 3.8) is 0 Å². The molecule has 1 saturated heterocycles. The third-order valence-electron chi connectivity index (χ3n) is 6.65. The standard InChI is InChI=1S/C29H38F3N5O5/c1-27(2,3)40-25(38)34-24(35-26(39)41-28(4,5)6)37-15-7-8-21(37)23-33-22(36-42-23)19-14-13-18(12-11-17-9-10-17)20(16-19)29(30,31)32/h13-14,16-17,21H,7-12,15H2,1-6H3,(H,34,35,38,39). The highest BCUT2D eigenvalue weighted by Gasteiger charge is 2.37. The molecule has 2 fully saturated rings. The number of aromatic nitrogens is 2. The van der Waals surface area contributed by atoms with E-state index in [0.29, 0.717) is 31.7 Å². The second-order valence-electron chi connectivity index (χ2n) is 12.7. The van der Waals surface area contributed by atoms with E-state index in [1.54, 1.807) is 52.5 Å². The molecule has 10 nitrogen and oxygen atoms in total. The summed E-state index contributed by atoms with van der Waals surface area (Å²) in [5.41, 5.74) is -1.92. The maximum absolute atomic E-state index is 13.9. The van der Waals surface area contributed by atoms with Crippen LogP contribution in [0, 0.1) is 5.92 Å². The summed E-state index contributed by atoms with van der Waals surface area (Å²) in [6.07, 6.45) is -1.92. The molecule has 1 atom stereocenters. The van der Waals surface area contributed by atoms with E-state index in [0.717, 1.165) is 25.3 Å². The summed E-state index contributed by atoms with van der Waals surface area (Å²) in [5, 5.41) is 6.48. The van der Waals surface area contributed by atoms with Crippen molar-refractivity contribution in [2.75, 3.05) is 6.54 Å². The van der Waals surface area contributed by atoms with Crippen LogP contribution in [0.15, 0.2) is 27.7 Å². The van der Waals surface area contributed by atoms with Crippen molar-refractivity contribution in [2.24, 2.45) is 10.9 Å². The molecule has 1 aliphatic carbocycles. The van der Waals surface area contributed by atoms with E-state index in [2.05, 4.69) is 20.4 Å². The Kier molecular flexibility index (Phi) is 8.89. The van der Waals surface area contributed by atoms with Crippen molar-refractivity contribution >= 4 is 18.1 Å². The van der Waals surface area contributed by atoms with Crippen LogP contribution >= 0.6 is 0 Å². The van der Waals surface area contributed by atoms with Gasteiger partial charge in [-0.1, -0.05) is 30.1 Å². The molecule has 2 aromatic rings. The highest BCUT2D eigenvalue weighted by molar-refractivity contribution is 5.99. The fourth-order valence-corrected chi connectivity index (χ4v) is 4.66. The number of aryl methyl sites for hydroxylation is 1. The number of benzene rings is 1. The molecule has 13 heteroatoms. The lowest BCUT2D eigenvalue weighted by molar-refractivity contribution is -0.138. The van der Waals surface area contributed by atoms with E-state index in [9.17, 15) is 22.8 Å². The monoisotopic (exact) mass is 593 g/mol. The van der Waals surface area contributed by atoms with Crippen LogP contribution in [0.5, 0.6) is 0 Å². The zero-order valence-corrected chi connectivity index (χ0v) is 24.8. The highest BCUT2D eigenvalue weighted by Crippen LogP contribution is 2.39. The number of rotatable bonds is 5. The number of ether oxygens (including phenoxy) is 2. The van der Waals surface area contributed by atoms with Crippen molar-refractivity contribution < 1.29 is 36.8 Å². The van der Waals surface area contributed by atoms with Gasteiger partial charge in [0.25, 0.3) is 0 Å². The van der Waals surface area contributed by atoms with Crippen LogP contribution in [0.25, 0.3) is 11.4 Å². The Hall–Kier alpha value is -3.64. The molecule has 4 rings (SSSR count). The van der Waals surface area contributed by atoms with E-state index in [1.807, 2.05) is 0 Å². The van der Waals surface area contributed by atoms with Gasteiger partial charge in [0.05, 0.1) is 5.56 Å². The Morgan fingerprint density at radius 3 is 2.38 bits per heavy atom. The number of likely N-dealkylation sites (tertiary alicyclic amines) is 1. The Labute approximate surface area is 243 Å². The van der Waals surface area contributed by atoms with Gasteiger partial charge in [0.15, 0.2) is 0 Å². The number of hydrogen-bond donors (Lipinski definition) is 1. The minimum absolute atomic E-state index is 0.00169. The molecule has 2 heterocycles. The fraction of sp³-hybridized carbons (Fsp3) is 0.621. The first-order valence-corrected chi connectivity index (χ1v) is 14.1. The number of carbonyl (C=O) groups is 2. The van der Waals surface area contributed by atoms with E-state index in [-0.39, 0.29) is 28.8 Å². The number of nitrogens with one attached hydrogen (secondary N) is 1. The fourth-order valence-electron chi connectivity index (χ4n) is 4.66. The lowest BCUT2D eigenvalue weighted by atomic mass is 9.98. The first kappa shape index (κ1) is 31.3. The normalized spacial score (nSPS) is 18.3. The largest absolute Gasteiger partial charge is 0.444 e. The average Bonchev–Trinajstić information content (AvgIpc) is 3.31. The number of alkyl halides is 3. The molecule has 0 radical (unpaired) electrons. The van der Waals surface area contributed by atoms with Gasteiger partial charge < -0.3 is 18.9 Å². The van der Waals surface area contributed by atoms with Crippen LogP contribution in [-0.2, 0) is 22.1 Å². The van der Waals surface area contributed by atoms with Crippen molar-refractivity contribution in [3.05, 3.63) is 35.2 Å². The average molecular weight is 594 g/mol. The van der Waals surface area contributed by atoms with Gasteiger partial charge in [-0.25, -0.2) is 9.59 Å². The summed E-state index contributed by atoms with van der Waals surface area (Å²) < 4.78 is 57.9. The van der Waals surface area contributed by atoms with Crippen molar-refractivity contribution in [2.45, 2.75) is 103 Å². The van der Waals surface area contributed by atoms with Gasteiger partial charge in [-0.15, -0.1) is 4.99 Å². The van der Waals surface area contributed by atoms with Gasteiger partial charge in [-0.2, -0.15) is 18.2 Å². The molecule has 1 aliphatic heterocycles. The Morgan fingerprint density at radius 2 is 1.76 bits per heavy atom. The van der Waals surface area contributed by atoms with Gasteiger partial charge in [0.1, 0.15) is 17.2 Å². The van der Waals surface area contributed by atoms with Gasteiger partial charge in [0, 0.05) is 12.1 Å². The molecule has 1 saturated carbocycles. The molecule has 1 aromatic carbocycles. The second kappa shape index (κ2) is 11.9. The van der Waals surface area contributed by atoms with Gasteiger partial charge in [0.2, 0.25) is 17.7 Å². The molecule has 230 valence electrons. The van der Waals surface area contributed by atoms with Crippen LogP contribution in [0.2, 0.25) is 0 Å². The minimum atomic E-state index is -4.52. The Morgan fingerprint density at radius 1 is 1.07 bits per heavy atom. The predicted octanol–water partition coefficient (Wildman–Crippen LogP) is 7.05. The van der Waals surface area contributed by atoms with Crippen LogP contribution < -0.4 is 5.32 Å². The molecule has 42 heavy (non-hydrogen) atoms. The molecule has 2 amide bonds. The second-order valence-corrected chi connectivity index (χ2v) is 12.7. The third kappa shape index (κ3) is 8.68. The summed E-state index contributed by atoms with van der Waals surface area (Å²) in [6.45, 7) is 10.5. The Bertz CT molecular complexity index is 1320. The maximum Gasteiger partial charge on any atom is 0.437 e. The molecule has 0 bridgehead atoms. The van der Waals surface area contributed by atoms with Crippen LogP contribution in [0.4, 0.5) is 22.8 Å². The first-order chi connectivity index (χ1) is 19.5. The number of alkyl carbamates (subject to hydrolysis) is 1. The molecule has 1 unspecified atom stereocenters. The van der Waals surface area contributed by atoms with E-state index in [4.69, 9.17) is 14.0 Å². The quantitative estimate of drug-likeness (QED) is 0.289. The van der Waals surface area contributed by atoms with Gasteiger partial charge >= 0.3 is 18.4 Å². The summed E-state index contributed by atoms with van der Waals surface area (Å²) in [7, 11) is 0. The number of halogens is 3. The predicted molar refractivity (Wildman–Crippen MR) is 148 cm³/mol. The van der Waals surface area contributed by atoms with Crippen molar-refractivity contribution in [3.8, 4) is 11.4 Å². The SMILES string of the molecule is CC(C)(C)OC(=O)N=C(NC(=O)OC(C)(C)C)N1CCCC1c1nc(-c2ccc(CCC3CC3)c(C(F)(F)F)c2)no1. The summed E-state index contributed by atoms with van der Waals surface area (Å²) in [5.74, 6) is 0.493. The number of guanidine groups is 1. The van der Waals surface area contributed by atoms with Crippen LogP contribution in [-0.4, -0.2) is 50.9 Å². The third-order valence-corrected chi connectivity index (χ3v) is 6.65. The van der Waals surface area contributed by atoms with E-state index >= 15 is 0 Å². The Balaban J connectivity index is 1.60. The number of amides is 2. The zero-order chi connectivity index (χ0) is 30.9. The summed E-state index contributed by atoms with van der Waals surface area (Å²) in [4.78, 5) is 35.2. The van der Waals surface area contributed by atoms with Crippen LogP contribution in [0.3, 0.4) is 0 Å². The van der Waals surface area contributed by atoms with E-state index in [1.165, 1.54) is 6.07 Å². The summed E-state index contributed by atoms with van der Waals surface area (Å²) >= 11 is 0. The lowest BCUT2D eigenvalue weighted by Crippen LogP contribution is -2.46. The number of nitrogens with zero attached hydrogens (tertiary/aromatic N) is 4. The minimum Gasteiger partial charge on any atom is -0.444 e. The molecule has 0 spiro atoms. The first-order valence-electron chi connectivity index (χ1n) is 14.1. The molecular weight excluding hydrogens is 555 g/mol. The number of carbonyl (C=O) groups excluding carboxylic acids is 2. The number of aliphatic imine (C=N–C) groups is 1. The van der Waals surface area contributed by atoms with Gasteiger partial charge in [-0.3, -0.25) is 5.32 Å². The van der Waals surface area contributed by atoms with E-state index < -0.39 is 41.2 Å². The van der Waals surface area contributed by atoms with Crippen molar-refractivity contribution in [1.82, 2.24) is 20.4 Å². The summed E-state index contributed by atoms with van der Waals surface area (Å²) in [6, 6.07) is 3.50. The molecule has 1 N–H and O–H groups in total. The zero-order valence-electron chi connectivity index (χ0n) is 24.8. The highest BCUT2D eigenvalue weighted by atomic mass is 19.4. The number of hydrogen-bond acceptors (Lipinski definition) is 7. The topological polar surface area (TPSA) is 119 Å².